The largest absolute Gasteiger partial charge is 0.316 e. The predicted molar refractivity (Wildman–Crippen MR) is 83.5 cm³/mol. The van der Waals surface area contributed by atoms with Crippen molar-refractivity contribution >= 4 is 0 Å². The number of rotatable bonds is 6. The molecule has 1 saturated heterocycles. The van der Waals surface area contributed by atoms with Gasteiger partial charge in [-0.15, -0.1) is 0 Å². The quantitative estimate of drug-likeness (QED) is 0.789. The molecule has 112 valence electrons. The molecule has 1 saturated carbocycles. The van der Waals surface area contributed by atoms with E-state index in [4.69, 9.17) is 0 Å². The van der Waals surface area contributed by atoms with Crippen molar-refractivity contribution in [1.29, 1.82) is 0 Å². The lowest BCUT2D eigenvalue weighted by molar-refractivity contribution is 0.0267. The van der Waals surface area contributed by atoms with Crippen LogP contribution in [-0.4, -0.2) is 37.1 Å². The summed E-state index contributed by atoms with van der Waals surface area (Å²) in [7, 11) is 0. The van der Waals surface area contributed by atoms with Gasteiger partial charge in [-0.2, -0.15) is 0 Å². The molecule has 1 aliphatic carbocycles. The average Bonchev–Trinajstić information content (AvgIpc) is 2.46. The van der Waals surface area contributed by atoms with Crippen molar-refractivity contribution in [2.75, 3.05) is 26.2 Å². The lowest BCUT2D eigenvalue weighted by Gasteiger charge is -2.47. The zero-order valence-electron chi connectivity index (χ0n) is 13.4. The number of nitrogens with zero attached hydrogens (tertiary/aromatic N) is 1. The second kappa shape index (κ2) is 7.08. The Morgan fingerprint density at radius 1 is 1.11 bits per heavy atom. The Balaban J connectivity index is 1.95. The first-order valence-corrected chi connectivity index (χ1v) is 8.63. The summed E-state index contributed by atoms with van der Waals surface area (Å²) in [5, 5.41) is 3.57. The maximum absolute atomic E-state index is 3.57. The highest BCUT2D eigenvalue weighted by Gasteiger charge is 2.36. The normalized spacial score (nSPS) is 31.7. The second-order valence-corrected chi connectivity index (χ2v) is 7.17. The van der Waals surface area contributed by atoms with Crippen LogP contribution in [-0.2, 0) is 0 Å². The van der Waals surface area contributed by atoms with Crippen LogP contribution in [0.3, 0.4) is 0 Å². The van der Waals surface area contributed by atoms with Gasteiger partial charge in [0.2, 0.25) is 0 Å². The molecular formula is C17H34N2. The van der Waals surface area contributed by atoms with Gasteiger partial charge in [-0.05, 0) is 56.5 Å². The second-order valence-electron chi connectivity index (χ2n) is 7.17. The first-order valence-electron chi connectivity index (χ1n) is 8.63. The monoisotopic (exact) mass is 266 g/mol. The number of fused-ring (bicyclic) bond motifs is 1. The van der Waals surface area contributed by atoms with Crippen molar-refractivity contribution in [1.82, 2.24) is 10.2 Å². The molecule has 2 aliphatic rings. The standard InChI is InChI=1S/C17H34N2/c1-4-17(3,13-18-5-2)14-19-12-8-10-15-9-6-7-11-16(15)19/h15-16,18H,4-14H2,1-3H3. The molecule has 2 fully saturated rings. The number of nitrogens with one attached hydrogen (secondary N) is 1. The number of piperidine rings is 1. The van der Waals surface area contributed by atoms with Gasteiger partial charge < -0.3 is 5.32 Å². The van der Waals surface area contributed by atoms with E-state index in [-0.39, 0.29) is 0 Å². The van der Waals surface area contributed by atoms with Crippen LogP contribution in [0.2, 0.25) is 0 Å². The van der Waals surface area contributed by atoms with Crippen LogP contribution < -0.4 is 5.32 Å². The first-order chi connectivity index (χ1) is 9.18. The van der Waals surface area contributed by atoms with E-state index < -0.39 is 0 Å². The maximum atomic E-state index is 3.57. The molecule has 1 heterocycles. The first kappa shape index (κ1) is 15.3. The third-order valence-corrected chi connectivity index (χ3v) is 5.60. The zero-order chi connectivity index (χ0) is 13.7. The summed E-state index contributed by atoms with van der Waals surface area (Å²) in [6, 6.07) is 0.912. The molecule has 19 heavy (non-hydrogen) atoms. The van der Waals surface area contributed by atoms with E-state index in [1.54, 1.807) is 0 Å². The fraction of sp³-hybridized carbons (Fsp3) is 1.00. The van der Waals surface area contributed by atoms with E-state index in [0.717, 1.165) is 18.5 Å². The van der Waals surface area contributed by atoms with Crippen LogP contribution in [0, 0.1) is 11.3 Å². The van der Waals surface area contributed by atoms with Gasteiger partial charge in [0.15, 0.2) is 0 Å². The van der Waals surface area contributed by atoms with E-state index in [2.05, 4.69) is 31.0 Å². The van der Waals surface area contributed by atoms with Crippen molar-refractivity contribution in [3.63, 3.8) is 0 Å². The van der Waals surface area contributed by atoms with Gasteiger partial charge in [0.05, 0.1) is 0 Å². The van der Waals surface area contributed by atoms with Crippen LogP contribution >= 0.6 is 0 Å². The molecule has 0 aromatic rings. The lowest BCUT2D eigenvalue weighted by Crippen LogP contribution is -2.52. The Bertz CT molecular complexity index is 264. The summed E-state index contributed by atoms with van der Waals surface area (Å²) in [6.07, 6.45) is 10.1. The minimum Gasteiger partial charge on any atom is -0.316 e. The van der Waals surface area contributed by atoms with Gasteiger partial charge in [-0.3, -0.25) is 4.90 Å². The molecule has 0 amide bonds. The number of hydrogen-bond acceptors (Lipinski definition) is 2. The van der Waals surface area contributed by atoms with Crippen LogP contribution in [0.25, 0.3) is 0 Å². The van der Waals surface area contributed by atoms with E-state index in [0.29, 0.717) is 5.41 Å². The summed E-state index contributed by atoms with van der Waals surface area (Å²) < 4.78 is 0. The zero-order valence-corrected chi connectivity index (χ0v) is 13.4. The molecule has 1 aliphatic heterocycles. The number of hydrogen-bond donors (Lipinski definition) is 1. The smallest absolute Gasteiger partial charge is 0.0124 e. The Labute approximate surface area is 120 Å². The van der Waals surface area contributed by atoms with Gasteiger partial charge >= 0.3 is 0 Å². The summed E-state index contributed by atoms with van der Waals surface area (Å²) >= 11 is 0. The number of likely N-dealkylation sites (tertiary alicyclic amines) is 1. The minimum absolute atomic E-state index is 0.454. The van der Waals surface area contributed by atoms with Crippen molar-refractivity contribution in [3.8, 4) is 0 Å². The molecule has 0 bridgehead atoms. The van der Waals surface area contributed by atoms with E-state index in [9.17, 15) is 0 Å². The van der Waals surface area contributed by atoms with E-state index >= 15 is 0 Å². The molecule has 2 heteroatoms. The van der Waals surface area contributed by atoms with Crippen LogP contribution in [0.5, 0.6) is 0 Å². The fourth-order valence-corrected chi connectivity index (χ4v) is 4.13. The SMILES string of the molecule is CCNCC(C)(CC)CN1CCCC2CCCCC21. The Hall–Kier alpha value is -0.0800. The molecule has 0 spiro atoms. The fourth-order valence-electron chi connectivity index (χ4n) is 4.13. The molecule has 1 N–H and O–H groups in total. The summed E-state index contributed by atoms with van der Waals surface area (Å²) in [6.45, 7) is 12.0. The molecule has 0 radical (unpaired) electrons. The lowest BCUT2D eigenvalue weighted by atomic mass is 9.76. The molecule has 3 unspecified atom stereocenters. The third kappa shape index (κ3) is 3.95. The predicted octanol–water partition coefficient (Wildman–Crippen LogP) is 3.67. The van der Waals surface area contributed by atoms with Crippen LogP contribution in [0.1, 0.15) is 65.7 Å². The van der Waals surface area contributed by atoms with Gasteiger partial charge in [0, 0.05) is 19.1 Å². The van der Waals surface area contributed by atoms with Gasteiger partial charge in [-0.25, -0.2) is 0 Å². The van der Waals surface area contributed by atoms with Crippen LogP contribution in [0.4, 0.5) is 0 Å². The van der Waals surface area contributed by atoms with E-state index in [1.807, 2.05) is 0 Å². The molecule has 3 atom stereocenters. The van der Waals surface area contributed by atoms with Crippen molar-refractivity contribution in [2.24, 2.45) is 11.3 Å². The highest BCUT2D eigenvalue weighted by atomic mass is 15.2. The molecular weight excluding hydrogens is 232 g/mol. The molecule has 2 rings (SSSR count). The van der Waals surface area contributed by atoms with E-state index in [1.165, 1.54) is 64.6 Å². The topological polar surface area (TPSA) is 15.3 Å². The summed E-state index contributed by atoms with van der Waals surface area (Å²) in [5.41, 5.74) is 0.454. The van der Waals surface area contributed by atoms with Crippen molar-refractivity contribution < 1.29 is 0 Å². The summed E-state index contributed by atoms with van der Waals surface area (Å²) in [5.74, 6) is 1.02. The van der Waals surface area contributed by atoms with Gasteiger partial charge in [0.25, 0.3) is 0 Å². The van der Waals surface area contributed by atoms with Crippen molar-refractivity contribution in [2.45, 2.75) is 71.8 Å². The highest BCUT2D eigenvalue weighted by molar-refractivity contribution is 4.90. The third-order valence-electron chi connectivity index (χ3n) is 5.60. The summed E-state index contributed by atoms with van der Waals surface area (Å²) in [4.78, 5) is 2.86. The minimum atomic E-state index is 0.454. The van der Waals surface area contributed by atoms with Crippen LogP contribution in [0.15, 0.2) is 0 Å². The van der Waals surface area contributed by atoms with Gasteiger partial charge in [-0.1, -0.05) is 33.6 Å². The highest BCUT2D eigenvalue weighted by Crippen LogP contribution is 2.37. The Kier molecular flexibility index (Phi) is 5.70. The van der Waals surface area contributed by atoms with Crippen molar-refractivity contribution in [3.05, 3.63) is 0 Å². The van der Waals surface area contributed by atoms with Gasteiger partial charge in [0.1, 0.15) is 0 Å². The molecule has 0 aromatic carbocycles. The Morgan fingerprint density at radius 2 is 1.84 bits per heavy atom. The Morgan fingerprint density at radius 3 is 2.58 bits per heavy atom. The average molecular weight is 266 g/mol. The molecule has 0 aromatic heterocycles. The maximum Gasteiger partial charge on any atom is 0.0124 e. The molecule has 2 nitrogen and oxygen atoms in total.